The van der Waals surface area contributed by atoms with Crippen LogP contribution >= 0.6 is 11.6 Å². The van der Waals surface area contributed by atoms with Crippen molar-refractivity contribution in [2.75, 3.05) is 0 Å². The largest absolute Gasteiger partial charge is 0.452 e. The number of hydrogen-bond donors (Lipinski definition) is 4. The number of amides is 5. The SMILES string of the molecule is CC(C)NC(=O)NC(=O)[C@@H](C)OC(=O)C[C@H](NC(N)=O)c1ccc(Cl)cc1. The Labute approximate surface area is 161 Å². The molecule has 1 rings (SSSR count). The number of hydrogen-bond acceptors (Lipinski definition) is 5. The molecule has 5 amide bonds. The Kier molecular flexibility index (Phi) is 8.53. The van der Waals surface area contributed by atoms with Gasteiger partial charge >= 0.3 is 18.0 Å². The van der Waals surface area contributed by atoms with Gasteiger partial charge in [0.05, 0.1) is 12.5 Å². The van der Waals surface area contributed by atoms with E-state index in [2.05, 4.69) is 16.0 Å². The van der Waals surface area contributed by atoms with Crippen LogP contribution in [0.3, 0.4) is 0 Å². The van der Waals surface area contributed by atoms with Crippen LogP contribution in [0.25, 0.3) is 0 Å². The molecule has 0 radical (unpaired) electrons. The Bertz CT molecular complexity index is 693. The van der Waals surface area contributed by atoms with Gasteiger partial charge in [0.15, 0.2) is 6.10 Å². The molecule has 27 heavy (non-hydrogen) atoms. The molecule has 1 aromatic carbocycles. The Morgan fingerprint density at radius 3 is 2.19 bits per heavy atom. The first-order valence-electron chi connectivity index (χ1n) is 8.20. The quantitative estimate of drug-likeness (QED) is 0.516. The maximum absolute atomic E-state index is 12.1. The summed E-state index contributed by atoms with van der Waals surface area (Å²) in [5.41, 5.74) is 5.73. The maximum atomic E-state index is 12.1. The van der Waals surface area contributed by atoms with E-state index in [1.165, 1.54) is 6.92 Å². The number of nitrogens with two attached hydrogens (primary N) is 1. The zero-order valence-electron chi connectivity index (χ0n) is 15.2. The van der Waals surface area contributed by atoms with Crippen LogP contribution in [-0.4, -0.2) is 36.1 Å². The molecule has 0 aliphatic heterocycles. The van der Waals surface area contributed by atoms with Crippen LogP contribution in [0.2, 0.25) is 5.02 Å². The van der Waals surface area contributed by atoms with Crippen LogP contribution in [0.4, 0.5) is 9.59 Å². The van der Waals surface area contributed by atoms with Crippen molar-refractivity contribution in [1.82, 2.24) is 16.0 Å². The second kappa shape index (κ2) is 10.4. The fourth-order valence-corrected chi connectivity index (χ4v) is 2.22. The Balaban J connectivity index is 2.67. The number of carbonyl (C=O) groups excluding carboxylic acids is 4. The third-order valence-electron chi connectivity index (χ3n) is 3.29. The van der Waals surface area contributed by atoms with E-state index in [1.54, 1.807) is 38.1 Å². The lowest BCUT2D eigenvalue weighted by Gasteiger charge is -2.19. The van der Waals surface area contributed by atoms with Crippen LogP contribution in [0.1, 0.15) is 38.8 Å². The van der Waals surface area contributed by atoms with Crippen molar-refractivity contribution in [2.45, 2.75) is 45.4 Å². The smallest absolute Gasteiger partial charge is 0.321 e. The molecule has 9 nitrogen and oxygen atoms in total. The van der Waals surface area contributed by atoms with Crippen molar-refractivity contribution < 1.29 is 23.9 Å². The molecule has 0 fully saturated rings. The first-order valence-corrected chi connectivity index (χ1v) is 8.58. The average molecular weight is 399 g/mol. The average Bonchev–Trinajstić information content (AvgIpc) is 2.53. The molecule has 0 saturated heterocycles. The first kappa shape index (κ1) is 22.2. The fourth-order valence-electron chi connectivity index (χ4n) is 2.10. The second-order valence-corrected chi connectivity index (χ2v) is 6.50. The van der Waals surface area contributed by atoms with Crippen molar-refractivity contribution in [2.24, 2.45) is 5.73 Å². The standard InChI is InChI=1S/C17H23ClN4O5/c1-9(2)20-17(26)22-15(24)10(3)27-14(23)8-13(21-16(19)25)11-4-6-12(18)7-5-11/h4-7,9-10,13H,8H2,1-3H3,(H3,19,21,25)(H2,20,22,24,26)/t10-,13+/m1/s1. The zero-order chi connectivity index (χ0) is 20.6. The van der Waals surface area contributed by atoms with Crippen LogP contribution in [-0.2, 0) is 14.3 Å². The molecule has 0 heterocycles. The molecular formula is C17H23ClN4O5. The highest BCUT2D eigenvalue weighted by Crippen LogP contribution is 2.20. The minimum absolute atomic E-state index is 0.157. The van der Waals surface area contributed by atoms with E-state index in [1.807, 2.05) is 0 Å². The second-order valence-electron chi connectivity index (χ2n) is 6.07. The lowest BCUT2D eigenvalue weighted by atomic mass is 10.0. The Morgan fingerprint density at radius 2 is 1.67 bits per heavy atom. The fraction of sp³-hybridized carbons (Fsp3) is 0.412. The molecule has 0 bridgehead atoms. The molecule has 5 N–H and O–H groups in total. The van der Waals surface area contributed by atoms with E-state index in [9.17, 15) is 19.2 Å². The molecule has 0 aliphatic carbocycles. The molecule has 0 aromatic heterocycles. The van der Waals surface area contributed by atoms with E-state index >= 15 is 0 Å². The van der Waals surface area contributed by atoms with Gasteiger partial charge in [0.2, 0.25) is 0 Å². The highest BCUT2D eigenvalue weighted by atomic mass is 35.5. The minimum atomic E-state index is -1.20. The summed E-state index contributed by atoms with van der Waals surface area (Å²) < 4.78 is 5.03. The third-order valence-corrected chi connectivity index (χ3v) is 3.55. The van der Waals surface area contributed by atoms with Crippen LogP contribution in [0.15, 0.2) is 24.3 Å². The summed E-state index contributed by atoms with van der Waals surface area (Å²) >= 11 is 5.82. The maximum Gasteiger partial charge on any atom is 0.321 e. The number of imide groups is 1. The van der Waals surface area contributed by atoms with Gasteiger partial charge in [0.25, 0.3) is 5.91 Å². The highest BCUT2D eigenvalue weighted by molar-refractivity contribution is 6.30. The summed E-state index contributed by atoms with van der Waals surface area (Å²) in [6.45, 7) is 4.79. The van der Waals surface area contributed by atoms with Crippen molar-refractivity contribution >= 4 is 35.5 Å². The number of primary amides is 1. The number of rotatable bonds is 7. The van der Waals surface area contributed by atoms with E-state index in [0.717, 1.165) is 0 Å². The van der Waals surface area contributed by atoms with Crippen LogP contribution in [0.5, 0.6) is 0 Å². The van der Waals surface area contributed by atoms with Gasteiger partial charge in [0, 0.05) is 11.1 Å². The number of ether oxygens (including phenoxy) is 1. The molecule has 10 heteroatoms. The van der Waals surface area contributed by atoms with E-state index in [4.69, 9.17) is 22.1 Å². The summed E-state index contributed by atoms with van der Waals surface area (Å²) in [5, 5.41) is 7.47. The first-order chi connectivity index (χ1) is 12.6. The van der Waals surface area contributed by atoms with E-state index in [0.29, 0.717) is 10.6 Å². The lowest BCUT2D eigenvalue weighted by molar-refractivity contribution is -0.154. The number of carbonyl (C=O) groups is 4. The Morgan fingerprint density at radius 1 is 1.07 bits per heavy atom. The van der Waals surface area contributed by atoms with E-state index in [-0.39, 0.29) is 12.5 Å². The Hall–Kier alpha value is -2.81. The molecule has 148 valence electrons. The van der Waals surface area contributed by atoms with Crippen molar-refractivity contribution in [3.63, 3.8) is 0 Å². The molecule has 0 aliphatic rings. The number of halogens is 1. The van der Waals surface area contributed by atoms with Gasteiger partial charge in [-0.15, -0.1) is 0 Å². The van der Waals surface area contributed by atoms with Gasteiger partial charge in [-0.1, -0.05) is 23.7 Å². The van der Waals surface area contributed by atoms with Gasteiger partial charge in [-0.3, -0.25) is 14.9 Å². The number of nitrogens with one attached hydrogen (secondary N) is 3. The summed E-state index contributed by atoms with van der Waals surface area (Å²) in [7, 11) is 0. The predicted octanol–water partition coefficient (Wildman–Crippen LogP) is 1.61. The number of benzene rings is 1. The highest BCUT2D eigenvalue weighted by Gasteiger charge is 2.23. The van der Waals surface area contributed by atoms with Crippen molar-refractivity contribution in [3.8, 4) is 0 Å². The summed E-state index contributed by atoms with van der Waals surface area (Å²) in [6.07, 6.45) is -1.46. The van der Waals surface area contributed by atoms with Gasteiger partial charge < -0.3 is 21.1 Å². The summed E-state index contributed by atoms with van der Waals surface area (Å²) in [4.78, 5) is 46.7. The molecule has 0 unspecified atom stereocenters. The summed E-state index contributed by atoms with van der Waals surface area (Å²) in [6, 6.07) is 4.03. The van der Waals surface area contributed by atoms with Crippen LogP contribution < -0.4 is 21.7 Å². The molecule has 0 spiro atoms. The van der Waals surface area contributed by atoms with Gasteiger partial charge in [-0.2, -0.15) is 0 Å². The third kappa shape index (κ3) is 8.41. The minimum Gasteiger partial charge on any atom is -0.452 e. The van der Waals surface area contributed by atoms with Crippen LogP contribution in [0, 0.1) is 0 Å². The van der Waals surface area contributed by atoms with Crippen molar-refractivity contribution in [3.05, 3.63) is 34.9 Å². The lowest BCUT2D eigenvalue weighted by Crippen LogP contribution is -2.46. The molecular weight excluding hydrogens is 376 g/mol. The summed E-state index contributed by atoms with van der Waals surface area (Å²) in [5.74, 6) is -1.52. The molecule has 2 atom stereocenters. The topological polar surface area (TPSA) is 140 Å². The normalized spacial score (nSPS) is 12.6. The van der Waals surface area contributed by atoms with Gasteiger partial charge in [-0.05, 0) is 38.5 Å². The number of urea groups is 2. The van der Waals surface area contributed by atoms with Gasteiger partial charge in [-0.25, -0.2) is 9.59 Å². The predicted molar refractivity (Wildman–Crippen MR) is 98.9 cm³/mol. The van der Waals surface area contributed by atoms with Crippen molar-refractivity contribution in [1.29, 1.82) is 0 Å². The zero-order valence-corrected chi connectivity index (χ0v) is 16.0. The number of esters is 1. The van der Waals surface area contributed by atoms with Gasteiger partial charge in [0.1, 0.15) is 0 Å². The monoisotopic (exact) mass is 398 g/mol. The molecule has 0 saturated carbocycles. The molecule has 1 aromatic rings. The van der Waals surface area contributed by atoms with E-state index < -0.39 is 36.1 Å².